The second kappa shape index (κ2) is 9.40. The highest BCUT2D eigenvalue weighted by atomic mass is 32.2. The van der Waals surface area contributed by atoms with Crippen LogP contribution in [0.25, 0.3) is 0 Å². The van der Waals surface area contributed by atoms with E-state index >= 15 is 0 Å². The first-order valence-corrected chi connectivity index (χ1v) is 11.1. The molecule has 30 heavy (non-hydrogen) atoms. The number of methoxy groups -OCH3 is 1. The molecule has 7 nitrogen and oxygen atoms in total. The summed E-state index contributed by atoms with van der Waals surface area (Å²) in [5.74, 6) is -0.923. The van der Waals surface area contributed by atoms with Gasteiger partial charge in [-0.25, -0.2) is 13.2 Å². The standard InChI is InChI=1S/C22H28N2O5S/c1-7-14-24(30(27,28)18-12-10-9-11-13-18)17(5)21(25)19-15(3)20(22(26)29-6)23(8-2)16(19)4/h7,9-13,17H,1,8,14H2,2-6H3. The average molecular weight is 433 g/mol. The van der Waals surface area contributed by atoms with Crippen LogP contribution in [-0.4, -0.2) is 48.7 Å². The Balaban J connectivity index is 2.58. The molecule has 0 saturated carbocycles. The summed E-state index contributed by atoms with van der Waals surface area (Å²) >= 11 is 0. The average Bonchev–Trinajstić information content (AvgIpc) is 3.00. The van der Waals surface area contributed by atoms with Crippen molar-refractivity contribution in [1.29, 1.82) is 0 Å². The van der Waals surface area contributed by atoms with E-state index in [0.29, 0.717) is 29.1 Å². The molecule has 1 heterocycles. The van der Waals surface area contributed by atoms with Gasteiger partial charge in [0.1, 0.15) is 5.69 Å². The predicted octanol–water partition coefficient (Wildman–Crippen LogP) is 3.36. The van der Waals surface area contributed by atoms with Crippen molar-refractivity contribution in [2.24, 2.45) is 0 Å². The summed E-state index contributed by atoms with van der Waals surface area (Å²) in [6.07, 6.45) is 1.45. The molecule has 0 fully saturated rings. The van der Waals surface area contributed by atoms with Crippen molar-refractivity contribution in [2.45, 2.75) is 45.2 Å². The van der Waals surface area contributed by atoms with Crippen LogP contribution in [0.3, 0.4) is 0 Å². The molecule has 0 N–H and O–H groups in total. The van der Waals surface area contributed by atoms with Crippen LogP contribution in [0.2, 0.25) is 0 Å². The fourth-order valence-electron chi connectivity index (χ4n) is 3.67. The monoisotopic (exact) mass is 432 g/mol. The molecule has 0 amide bonds. The van der Waals surface area contributed by atoms with E-state index < -0.39 is 22.0 Å². The van der Waals surface area contributed by atoms with E-state index in [4.69, 9.17) is 4.74 Å². The second-order valence-corrected chi connectivity index (χ2v) is 8.78. The van der Waals surface area contributed by atoms with E-state index in [2.05, 4.69) is 6.58 Å². The van der Waals surface area contributed by atoms with Crippen molar-refractivity contribution in [3.8, 4) is 0 Å². The van der Waals surface area contributed by atoms with E-state index in [9.17, 15) is 18.0 Å². The van der Waals surface area contributed by atoms with Crippen LogP contribution in [0.1, 0.15) is 46.0 Å². The van der Waals surface area contributed by atoms with Crippen molar-refractivity contribution >= 4 is 21.8 Å². The smallest absolute Gasteiger partial charge is 0.354 e. The summed E-state index contributed by atoms with van der Waals surface area (Å²) in [6.45, 7) is 10.9. The van der Waals surface area contributed by atoms with Crippen LogP contribution < -0.4 is 0 Å². The van der Waals surface area contributed by atoms with Crippen LogP contribution in [0.5, 0.6) is 0 Å². The highest BCUT2D eigenvalue weighted by Crippen LogP contribution is 2.27. The number of ether oxygens (including phenoxy) is 1. The molecule has 0 saturated heterocycles. The lowest BCUT2D eigenvalue weighted by Crippen LogP contribution is -2.43. The minimum atomic E-state index is -3.93. The number of benzene rings is 1. The highest BCUT2D eigenvalue weighted by molar-refractivity contribution is 7.89. The van der Waals surface area contributed by atoms with Crippen LogP contribution in [0.4, 0.5) is 0 Å². The van der Waals surface area contributed by atoms with Gasteiger partial charge < -0.3 is 9.30 Å². The third-order valence-corrected chi connectivity index (χ3v) is 7.13. The summed E-state index contributed by atoms with van der Waals surface area (Å²) in [7, 11) is -2.64. The molecule has 162 valence electrons. The van der Waals surface area contributed by atoms with E-state index in [0.717, 1.165) is 4.31 Å². The topological polar surface area (TPSA) is 85.7 Å². The third-order valence-electron chi connectivity index (χ3n) is 5.18. The number of rotatable bonds is 9. The molecular weight excluding hydrogens is 404 g/mol. The van der Waals surface area contributed by atoms with Gasteiger partial charge >= 0.3 is 5.97 Å². The van der Waals surface area contributed by atoms with Gasteiger partial charge in [-0.15, -0.1) is 6.58 Å². The lowest BCUT2D eigenvalue weighted by Gasteiger charge is -2.26. The van der Waals surface area contributed by atoms with Crippen LogP contribution in [0.15, 0.2) is 47.9 Å². The number of carbonyl (C=O) groups excluding carboxylic acids is 2. The molecule has 0 aliphatic carbocycles. The van der Waals surface area contributed by atoms with Crippen molar-refractivity contribution in [3.63, 3.8) is 0 Å². The van der Waals surface area contributed by atoms with E-state index in [-0.39, 0.29) is 17.2 Å². The molecule has 0 aliphatic heterocycles. The van der Waals surface area contributed by atoms with E-state index in [1.807, 2.05) is 6.92 Å². The maximum absolute atomic E-state index is 13.5. The maximum atomic E-state index is 13.5. The molecule has 1 aromatic heterocycles. The van der Waals surface area contributed by atoms with Gasteiger partial charge in [0.05, 0.1) is 18.0 Å². The molecule has 0 radical (unpaired) electrons. The fourth-order valence-corrected chi connectivity index (χ4v) is 5.26. The number of hydrogen-bond acceptors (Lipinski definition) is 5. The molecular formula is C22H28N2O5S. The first-order chi connectivity index (χ1) is 14.1. The van der Waals surface area contributed by atoms with Gasteiger partial charge in [-0.3, -0.25) is 4.79 Å². The number of carbonyl (C=O) groups is 2. The normalized spacial score (nSPS) is 12.6. The first-order valence-electron chi connectivity index (χ1n) is 9.63. The van der Waals surface area contributed by atoms with E-state index in [1.54, 1.807) is 43.5 Å². The Labute approximate surface area is 178 Å². The number of nitrogens with zero attached hydrogens (tertiary/aromatic N) is 2. The summed E-state index contributed by atoms with van der Waals surface area (Å²) in [5, 5.41) is 0. The minimum Gasteiger partial charge on any atom is -0.464 e. The van der Waals surface area contributed by atoms with Gasteiger partial charge in [-0.1, -0.05) is 24.3 Å². The Hall–Kier alpha value is -2.71. The molecule has 1 aromatic carbocycles. The Bertz CT molecular complexity index is 1050. The van der Waals surface area contributed by atoms with Gasteiger partial charge in [0.2, 0.25) is 10.0 Å². The number of aromatic nitrogens is 1. The number of sulfonamides is 1. The number of ketones is 1. The molecule has 0 bridgehead atoms. The molecule has 1 unspecified atom stereocenters. The van der Waals surface area contributed by atoms with Crippen LogP contribution in [-0.2, 0) is 21.3 Å². The number of Topliss-reactive ketones (excluding diaryl/α,β-unsaturated/α-hetero) is 1. The fraction of sp³-hybridized carbons (Fsp3) is 0.364. The van der Waals surface area contributed by atoms with Gasteiger partial charge in [0.25, 0.3) is 0 Å². The SMILES string of the molecule is C=CCN(C(C)C(=O)c1c(C)c(C(=O)OC)n(CC)c1C)S(=O)(=O)c1ccccc1. The van der Waals surface area contributed by atoms with Crippen LogP contribution >= 0.6 is 0 Å². The number of esters is 1. The molecule has 8 heteroatoms. The summed E-state index contributed by atoms with van der Waals surface area (Å²) < 4.78 is 34.1. The molecule has 0 aliphatic rings. The Morgan fingerprint density at radius 1 is 1.23 bits per heavy atom. The van der Waals surface area contributed by atoms with Crippen molar-refractivity contribution < 1.29 is 22.7 Å². The van der Waals surface area contributed by atoms with Gasteiger partial charge in [-0.05, 0) is 45.4 Å². The zero-order chi connectivity index (χ0) is 22.6. The minimum absolute atomic E-state index is 0.0272. The lowest BCUT2D eigenvalue weighted by atomic mass is 10.0. The summed E-state index contributed by atoms with van der Waals surface area (Å²) in [6, 6.07) is 6.96. The Kier molecular flexibility index (Phi) is 7.39. The van der Waals surface area contributed by atoms with E-state index in [1.165, 1.54) is 25.3 Å². The summed E-state index contributed by atoms with van der Waals surface area (Å²) in [5.41, 5.74) is 1.72. The Morgan fingerprint density at radius 3 is 2.33 bits per heavy atom. The second-order valence-electron chi connectivity index (χ2n) is 6.89. The van der Waals surface area contributed by atoms with Crippen molar-refractivity contribution in [1.82, 2.24) is 8.87 Å². The van der Waals surface area contributed by atoms with Gasteiger partial charge in [0.15, 0.2) is 5.78 Å². The Morgan fingerprint density at radius 2 is 1.83 bits per heavy atom. The first kappa shape index (κ1) is 23.6. The third kappa shape index (κ3) is 4.11. The number of hydrogen-bond donors (Lipinski definition) is 0. The highest BCUT2D eigenvalue weighted by Gasteiger charge is 2.36. The van der Waals surface area contributed by atoms with Crippen molar-refractivity contribution in [2.75, 3.05) is 13.7 Å². The van der Waals surface area contributed by atoms with Gasteiger partial charge in [0, 0.05) is 24.3 Å². The quantitative estimate of drug-likeness (QED) is 0.345. The molecule has 0 spiro atoms. The van der Waals surface area contributed by atoms with Crippen LogP contribution in [0, 0.1) is 13.8 Å². The molecule has 1 atom stereocenters. The van der Waals surface area contributed by atoms with Gasteiger partial charge in [-0.2, -0.15) is 4.31 Å². The zero-order valence-electron chi connectivity index (χ0n) is 18.0. The molecule has 2 aromatic rings. The summed E-state index contributed by atoms with van der Waals surface area (Å²) in [4.78, 5) is 25.8. The maximum Gasteiger partial charge on any atom is 0.354 e. The van der Waals surface area contributed by atoms with Crippen molar-refractivity contribution in [3.05, 3.63) is 65.5 Å². The largest absolute Gasteiger partial charge is 0.464 e. The lowest BCUT2D eigenvalue weighted by molar-refractivity contribution is 0.0587. The molecule has 2 rings (SSSR count). The predicted molar refractivity (Wildman–Crippen MR) is 115 cm³/mol. The zero-order valence-corrected chi connectivity index (χ0v) is 18.8.